The Balaban J connectivity index is 0.864. The lowest BCUT2D eigenvalue weighted by Crippen LogP contribution is -2.47. The standard InChI is InChI=1S/C40H46FN9O4/c1-40(2,3)39-47-36(48-54-39)38(53)42-22-29-8-7-28(21-31(29)41)35-33-20-25(23-50(33)44-24-43-35)6-4-5-17-49-18-15-27(16-19-49)26-9-11-30(12-10-26)45-32-13-14-34(51)46-37(32)52/h7-12,20-21,23-24,27,32,45H,4-6,13-19,22H2,1-3H3,(H,42,53)(H,46,51,52). The van der Waals surface area contributed by atoms with Crippen LogP contribution in [-0.2, 0) is 28.0 Å². The molecule has 2 fully saturated rings. The maximum atomic E-state index is 15.3. The molecule has 5 aromatic rings. The SMILES string of the molecule is CC(C)(C)c1nc(C(=O)NCc2ccc(-c3ncnn4cc(CCCCN5CCC(c6ccc(NC7CCC(=O)NC7=O)cc6)CC5)cc34)cc2F)no1. The molecular formula is C40H46FN9O4. The number of aryl methyl sites for hydroxylation is 1. The van der Waals surface area contributed by atoms with Crippen LogP contribution >= 0.6 is 0 Å². The molecule has 3 amide bonds. The second-order valence-corrected chi connectivity index (χ2v) is 15.3. The van der Waals surface area contributed by atoms with Crippen molar-refractivity contribution in [1.29, 1.82) is 0 Å². The van der Waals surface area contributed by atoms with Crippen molar-refractivity contribution in [3.8, 4) is 11.3 Å². The van der Waals surface area contributed by atoms with E-state index in [-0.39, 0.29) is 35.6 Å². The van der Waals surface area contributed by atoms with E-state index >= 15 is 4.39 Å². The summed E-state index contributed by atoms with van der Waals surface area (Å²) in [6.07, 6.45) is 9.62. The summed E-state index contributed by atoms with van der Waals surface area (Å²) < 4.78 is 22.2. The zero-order chi connectivity index (χ0) is 37.8. The predicted octanol–water partition coefficient (Wildman–Crippen LogP) is 5.57. The zero-order valence-corrected chi connectivity index (χ0v) is 30.9. The van der Waals surface area contributed by atoms with Crippen LogP contribution in [0.15, 0.2) is 65.6 Å². The molecule has 0 aliphatic carbocycles. The van der Waals surface area contributed by atoms with E-state index < -0.39 is 11.7 Å². The molecule has 14 heteroatoms. The number of piperidine rings is 2. The molecule has 5 heterocycles. The molecule has 2 aliphatic rings. The molecular weight excluding hydrogens is 689 g/mol. The van der Waals surface area contributed by atoms with Gasteiger partial charge in [-0.2, -0.15) is 10.1 Å². The van der Waals surface area contributed by atoms with Crippen molar-refractivity contribution < 1.29 is 23.3 Å². The van der Waals surface area contributed by atoms with Gasteiger partial charge in [0.2, 0.25) is 17.7 Å². The van der Waals surface area contributed by atoms with Crippen molar-refractivity contribution in [2.75, 3.05) is 25.0 Å². The zero-order valence-electron chi connectivity index (χ0n) is 30.9. The number of halogens is 1. The lowest BCUT2D eigenvalue weighted by molar-refractivity contribution is -0.133. The number of unbranched alkanes of at least 4 members (excludes halogenated alkanes) is 1. The van der Waals surface area contributed by atoms with Crippen molar-refractivity contribution in [3.63, 3.8) is 0 Å². The smallest absolute Gasteiger partial charge is 0.292 e. The van der Waals surface area contributed by atoms with Crippen LogP contribution in [0.3, 0.4) is 0 Å². The fraction of sp³-hybridized carbons (Fsp3) is 0.425. The van der Waals surface area contributed by atoms with Crippen LogP contribution in [0.25, 0.3) is 16.8 Å². The van der Waals surface area contributed by atoms with Crippen LogP contribution in [-0.4, -0.2) is 73.0 Å². The summed E-state index contributed by atoms with van der Waals surface area (Å²) in [5, 5.41) is 16.5. The molecule has 13 nitrogen and oxygen atoms in total. The number of aromatic nitrogens is 5. The van der Waals surface area contributed by atoms with Crippen LogP contribution in [0.2, 0.25) is 0 Å². The number of rotatable bonds is 12. The molecule has 2 aromatic carbocycles. The van der Waals surface area contributed by atoms with E-state index in [1.807, 2.05) is 39.1 Å². The summed E-state index contributed by atoms with van der Waals surface area (Å²) >= 11 is 0. The van der Waals surface area contributed by atoms with Crippen molar-refractivity contribution in [3.05, 3.63) is 95.3 Å². The lowest BCUT2D eigenvalue weighted by atomic mass is 9.89. The summed E-state index contributed by atoms with van der Waals surface area (Å²) in [5.74, 6) is -0.685. The number of likely N-dealkylation sites (tertiary alicyclic amines) is 1. The van der Waals surface area contributed by atoms with Crippen molar-refractivity contribution in [2.24, 2.45) is 0 Å². The molecule has 0 spiro atoms. The third kappa shape index (κ3) is 8.65. The average molecular weight is 736 g/mol. The number of fused-ring (bicyclic) bond motifs is 1. The van der Waals surface area contributed by atoms with Crippen LogP contribution < -0.4 is 16.0 Å². The van der Waals surface area contributed by atoms with Gasteiger partial charge in [0, 0.05) is 41.4 Å². The highest BCUT2D eigenvalue weighted by Crippen LogP contribution is 2.30. The van der Waals surface area contributed by atoms with Gasteiger partial charge in [0.15, 0.2) is 0 Å². The number of nitrogens with zero attached hydrogens (tertiary/aromatic N) is 6. The van der Waals surface area contributed by atoms with E-state index in [1.165, 1.54) is 18.0 Å². The third-order valence-corrected chi connectivity index (χ3v) is 10.2. The number of nitrogens with one attached hydrogen (secondary N) is 3. The molecule has 1 atom stereocenters. The van der Waals surface area contributed by atoms with Gasteiger partial charge >= 0.3 is 0 Å². The second-order valence-electron chi connectivity index (χ2n) is 15.3. The summed E-state index contributed by atoms with van der Waals surface area (Å²) in [6.45, 7) is 8.87. The summed E-state index contributed by atoms with van der Waals surface area (Å²) in [7, 11) is 0. The monoisotopic (exact) mass is 735 g/mol. The van der Waals surface area contributed by atoms with Crippen molar-refractivity contribution in [2.45, 2.75) is 89.6 Å². The minimum atomic E-state index is -0.539. The van der Waals surface area contributed by atoms with E-state index in [1.54, 1.807) is 16.6 Å². The van der Waals surface area contributed by atoms with E-state index in [4.69, 9.17) is 4.52 Å². The van der Waals surface area contributed by atoms with Gasteiger partial charge in [0.1, 0.15) is 18.2 Å². The summed E-state index contributed by atoms with van der Waals surface area (Å²) in [6, 6.07) is 15.0. The highest BCUT2D eigenvalue weighted by atomic mass is 19.1. The normalized spacial score (nSPS) is 17.1. The number of amides is 3. The number of hydrogen-bond acceptors (Lipinski definition) is 10. The minimum Gasteiger partial charge on any atom is -0.374 e. The predicted molar refractivity (Wildman–Crippen MR) is 200 cm³/mol. The van der Waals surface area contributed by atoms with E-state index in [9.17, 15) is 14.4 Å². The first-order valence-corrected chi connectivity index (χ1v) is 18.7. The maximum absolute atomic E-state index is 15.3. The van der Waals surface area contributed by atoms with Gasteiger partial charge in [0.25, 0.3) is 11.7 Å². The molecule has 1 unspecified atom stereocenters. The number of imide groups is 1. The van der Waals surface area contributed by atoms with E-state index in [0.29, 0.717) is 41.5 Å². The Hall–Kier alpha value is -5.50. The third-order valence-electron chi connectivity index (χ3n) is 10.2. The largest absolute Gasteiger partial charge is 0.374 e. The van der Waals surface area contributed by atoms with Gasteiger partial charge in [-0.25, -0.2) is 13.9 Å². The topological polar surface area (TPSA) is 160 Å². The highest BCUT2D eigenvalue weighted by Gasteiger charge is 2.27. The molecule has 0 bridgehead atoms. The molecule has 54 heavy (non-hydrogen) atoms. The number of benzene rings is 2. The Labute approximate surface area is 313 Å². The van der Waals surface area contributed by atoms with Crippen molar-refractivity contribution >= 4 is 28.9 Å². The highest BCUT2D eigenvalue weighted by molar-refractivity contribution is 6.01. The summed E-state index contributed by atoms with van der Waals surface area (Å²) in [5.41, 5.74) is 5.37. The van der Waals surface area contributed by atoms with Gasteiger partial charge in [-0.1, -0.05) is 50.2 Å². The van der Waals surface area contributed by atoms with Crippen LogP contribution in [0.4, 0.5) is 10.1 Å². The Morgan fingerprint density at radius 2 is 1.83 bits per heavy atom. The molecule has 0 saturated carbocycles. The first-order valence-electron chi connectivity index (χ1n) is 18.7. The van der Waals surface area contributed by atoms with Crippen LogP contribution in [0.5, 0.6) is 0 Å². The van der Waals surface area contributed by atoms with Crippen LogP contribution in [0.1, 0.15) is 98.4 Å². The van der Waals surface area contributed by atoms with Gasteiger partial charge in [-0.05, 0) is 99.5 Å². The van der Waals surface area contributed by atoms with Gasteiger partial charge in [-0.15, -0.1) is 0 Å². The fourth-order valence-electron chi connectivity index (χ4n) is 7.09. The van der Waals surface area contributed by atoms with E-state index in [0.717, 1.165) is 68.5 Å². The van der Waals surface area contributed by atoms with Gasteiger partial charge in [0.05, 0.1) is 11.2 Å². The number of carbonyl (C=O) groups is 3. The number of hydrogen-bond donors (Lipinski definition) is 3. The van der Waals surface area contributed by atoms with Gasteiger partial charge < -0.3 is 20.1 Å². The number of anilines is 1. The second kappa shape index (κ2) is 15.8. The Kier molecular flexibility index (Phi) is 10.8. The summed E-state index contributed by atoms with van der Waals surface area (Å²) in [4.78, 5) is 47.2. The average Bonchev–Trinajstić information content (AvgIpc) is 3.83. The molecule has 3 N–H and O–H groups in total. The minimum absolute atomic E-state index is 0.0296. The lowest BCUT2D eigenvalue weighted by Gasteiger charge is -2.32. The molecule has 2 saturated heterocycles. The quantitative estimate of drug-likeness (QED) is 0.109. The Morgan fingerprint density at radius 1 is 1.04 bits per heavy atom. The molecule has 282 valence electrons. The first kappa shape index (κ1) is 36.8. The maximum Gasteiger partial charge on any atom is 0.292 e. The Morgan fingerprint density at radius 3 is 2.56 bits per heavy atom. The number of carbonyl (C=O) groups excluding carboxylic acids is 3. The molecule has 0 radical (unpaired) electrons. The van der Waals surface area contributed by atoms with Crippen LogP contribution in [0, 0.1) is 5.82 Å². The Bertz CT molecular complexity index is 2130. The van der Waals surface area contributed by atoms with E-state index in [2.05, 4.69) is 59.3 Å². The molecule has 3 aromatic heterocycles. The molecule has 2 aliphatic heterocycles. The first-order chi connectivity index (χ1) is 26.0. The van der Waals surface area contributed by atoms with Crippen molar-refractivity contribution in [1.82, 2.24) is 40.3 Å². The molecule has 7 rings (SSSR count). The van der Waals surface area contributed by atoms with Gasteiger partial charge in [-0.3, -0.25) is 19.7 Å². The fourth-order valence-corrected chi connectivity index (χ4v) is 7.09.